The van der Waals surface area contributed by atoms with Crippen molar-refractivity contribution in [1.29, 1.82) is 0 Å². The first-order valence-electron chi connectivity index (χ1n) is 8.86. The van der Waals surface area contributed by atoms with Gasteiger partial charge in [0, 0.05) is 36.3 Å². The molecule has 0 saturated carbocycles. The minimum absolute atomic E-state index is 0.123. The summed E-state index contributed by atoms with van der Waals surface area (Å²) in [7, 11) is 2.99. The maximum Gasteiger partial charge on any atom is 0.314 e. The first-order chi connectivity index (χ1) is 13.9. The number of rotatable bonds is 4. The summed E-state index contributed by atoms with van der Waals surface area (Å²) in [6, 6.07) is 5.94. The molecule has 0 bridgehead atoms. The van der Waals surface area contributed by atoms with Crippen molar-refractivity contribution in [1.82, 2.24) is 19.7 Å². The summed E-state index contributed by atoms with van der Waals surface area (Å²) in [6.07, 6.45) is 0.783. The molecule has 8 nitrogen and oxygen atoms in total. The Kier molecular flexibility index (Phi) is 5.01. The number of carbonyl (C=O) groups is 2. The number of ether oxygens (including phenoxy) is 1. The van der Waals surface area contributed by atoms with Gasteiger partial charge in [-0.1, -0.05) is 0 Å². The lowest BCUT2D eigenvalue weighted by Crippen LogP contribution is -2.35. The van der Waals surface area contributed by atoms with E-state index >= 15 is 0 Å². The molecule has 4 rings (SSSR count). The van der Waals surface area contributed by atoms with Crippen molar-refractivity contribution in [2.24, 2.45) is 7.05 Å². The van der Waals surface area contributed by atoms with Crippen LogP contribution in [0.15, 0.2) is 29.6 Å². The summed E-state index contributed by atoms with van der Waals surface area (Å²) in [6.45, 7) is 1.07. The van der Waals surface area contributed by atoms with Gasteiger partial charge >= 0.3 is 6.01 Å². The van der Waals surface area contributed by atoms with E-state index < -0.39 is 11.7 Å². The number of halogens is 1. The van der Waals surface area contributed by atoms with E-state index in [9.17, 15) is 14.0 Å². The second-order valence-electron chi connectivity index (χ2n) is 6.57. The van der Waals surface area contributed by atoms with Gasteiger partial charge in [-0.15, -0.1) is 16.4 Å². The van der Waals surface area contributed by atoms with Gasteiger partial charge in [0.2, 0.25) is 5.82 Å². The minimum atomic E-state index is -0.631. The number of hydrogen-bond acceptors (Lipinski definition) is 6. The normalized spacial score (nSPS) is 13.1. The summed E-state index contributed by atoms with van der Waals surface area (Å²) in [5.74, 6) is -1.66. The van der Waals surface area contributed by atoms with E-state index in [0.29, 0.717) is 13.1 Å². The van der Waals surface area contributed by atoms with Gasteiger partial charge in [-0.3, -0.25) is 9.59 Å². The first kappa shape index (κ1) is 19.1. The van der Waals surface area contributed by atoms with Crippen molar-refractivity contribution in [3.63, 3.8) is 0 Å². The number of anilines is 1. The number of hydrogen-bond donors (Lipinski definition) is 1. The third-order valence-corrected chi connectivity index (χ3v) is 5.63. The molecule has 0 fully saturated rings. The number of aryl methyl sites for hydroxylation is 1. The van der Waals surface area contributed by atoms with E-state index in [1.807, 2.05) is 11.4 Å². The maximum atomic E-state index is 14.1. The highest BCUT2D eigenvalue weighted by Gasteiger charge is 2.24. The highest BCUT2D eigenvalue weighted by molar-refractivity contribution is 7.10. The van der Waals surface area contributed by atoms with Crippen LogP contribution in [-0.2, 0) is 20.0 Å². The van der Waals surface area contributed by atoms with Crippen molar-refractivity contribution >= 4 is 28.8 Å². The number of carbonyl (C=O) groups excluding carboxylic acids is 2. The standard InChI is InChI=1S/C19H18FN5O3S/c1-24-19(28-2)22-16(23-24)17(26)21-14-8-12(7-13(20)9-14)18(27)25-5-3-15-11(10-25)4-6-29-15/h4,6-9H,3,5,10H2,1-2H3,(H,21,26). The number of nitrogens with one attached hydrogen (secondary N) is 1. The Morgan fingerprint density at radius 1 is 1.31 bits per heavy atom. The molecule has 2 aromatic heterocycles. The van der Waals surface area contributed by atoms with Crippen LogP contribution in [0.2, 0.25) is 0 Å². The Labute approximate surface area is 169 Å². The predicted octanol–water partition coefficient (Wildman–Crippen LogP) is 2.48. The van der Waals surface area contributed by atoms with Gasteiger partial charge < -0.3 is 15.0 Å². The number of amides is 2. The Balaban J connectivity index is 1.53. The van der Waals surface area contributed by atoms with E-state index in [1.165, 1.54) is 28.8 Å². The molecule has 0 spiro atoms. The van der Waals surface area contributed by atoms with Gasteiger partial charge in [0.25, 0.3) is 11.8 Å². The van der Waals surface area contributed by atoms with E-state index in [-0.39, 0.29) is 29.0 Å². The third-order valence-electron chi connectivity index (χ3n) is 4.61. The van der Waals surface area contributed by atoms with Crippen LogP contribution in [0, 0.1) is 5.82 Å². The molecule has 3 aromatic rings. The minimum Gasteiger partial charge on any atom is -0.467 e. The van der Waals surface area contributed by atoms with E-state index in [1.54, 1.807) is 23.3 Å². The molecule has 1 aromatic carbocycles. The van der Waals surface area contributed by atoms with E-state index in [2.05, 4.69) is 15.4 Å². The highest BCUT2D eigenvalue weighted by atomic mass is 32.1. The molecule has 10 heteroatoms. The molecule has 1 N–H and O–H groups in total. The molecule has 0 saturated heterocycles. The quantitative estimate of drug-likeness (QED) is 0.707. The molecule has 3 heterocycles. The Morgan fingerprint density at radius 2 is 2.14 bits per heavy atom. The van der Waals surface area contributed by atoms with Crippen LogP contribution in [0.5, 0.6) is 6.01 Å². The average Bonchev–Trinajstić information content (AvgIpc) is 3.32. The molecule has 1 aliphatic heterocycles. The average molecular weight is 415 g/mol. The SMILES string of the molecule is COc1nc(C(=O)Nc2cc(F)cc(C(=O)N3CCc4sccc4C3)c2)nn1C. The molecule has 150 valence electrons. The molecule has 29 heavy (non-hydrogen) atoms. The molecular weight excluding hydrogens is 397 g/mol. The fraction of sp³-hybridized carbons (Fsp3) is 0.263. The zero-order valence-corrected chi connectivity index (χ0v) is 16.6. The summed E-state index contributed by atoms with van der Waals surface area (Å²) in [4.78, 5) is 32.2. The Hall–Kier alpha value is -3.27. The largest absolute Gasteiger partial charge is 0.467 e. The summed E-state index contributed by atoms with van der Waals surface area (Å²) in [5.41, 5.74) is 1.44. The van der Waals surface area contributed by atoms with E-state index in [4.69, 9.17) is 4.74 Å². The zero-order chi connectivity index (χ0) is 20.5. The van der Waals surface area contributed by atoms with Crippen LogP contribution in [0.4, 0.5) is 10.1 Å². The van der Waals surface area contributed by atoms with Crippen molar-refractivity contribution in [2.45, 2.75) is 13.0 Å². The molecule has 0 unspecified atom stereocenters. The van der Waals surface area contributed by atoms with E-state index in [0.717, 1.165) is 18.1 Å². The fourth-order valence-electron chi connectivity index (χ4n) is 3.22. The molecule has 0 atom stereocenters. The van der Waals surface area contributed by atoms with Gasteiger partial charge in [0.1, 0.15) is 5.82 Å². The summed E-state index contributed by atoms with van der Waals surface area (Å²) >= 11 is 1.68. The van der Waals surface area contributed by atoms with Crippen molar-refractivity contribution in [3.8, 4) is 6.01 Å². The number of nitrogens with zero attached hydrogens (tertiary/aromatic N) is 4. The zero-order valence-electron chi connectivity index (χ0n) is 15.8. The van der Waals surface area contributed by atoms with Gasteiger partial charge in [-0.25, -0.2) is 9.07 Å². The van der Waals surface area contributed by atoms with Gasteiger partial charge in [0.05, 0.1) is 7.11 Å². The Bertz CT molecular complexity index is 1090. The van der Waals surface area contributed by atoms with Gasteiger partial charge in [-0.05, 0) is 41.6 Å². The number of aromatic nitrogens is 3. The van der Waals surface area contributed by atoms with Crippen LogP contribution in [0.25, 0.3) is 0 Å². The van der Waals surface area contributed by atoms with Crippen LogP contribution < -0.4 is 10.1 Å². The lowest BCUT2D eigenvalue weighted by molar-refractivity contribution is 0.0735. The monoisotopic (exact) mass is 415 g/mol. The number of thiophene rings is 1. The summed E-state index contributed by atoms with van der Waals surface area (Å²) in [5, 5.41) is 8.49. The molecule has 0 aliphatic carbocycles. The molecule has 0 radical (unpaired) electrons. The lowest BCUT2D eigenvalue weighted by Gasteiger charge is -2.27. The number of benzene rings is 1. The van der Waals surface area contributed by atoms with Gasteiger partial charge in [0.15, 0.2) is 0 Å². The van der Waals surface area contributed by atoms with Crippen LogP contribution in [0.1, 0.15) is 31.4 Å². The smallest absolute Gasteiger partial charge is 0.314 e. The second kappa shape index (κ2) is 7.63. The highest BCUT2D eigenvalue weighted by Crippen LogP contribution is 2.26. The molecule has 2 amide bonds. The maximum absolute atomic E-state index is 14.1. The molecular formula is C19H18FN5O3S. The van der Waals surface area contributed by atoms with Crippen LogP contribution in [-0.4, -0.2) is 45.1 Å². The second-order valence-corrected chi connectivity index (χ2v) is 7.57. The number of fused-ring (bicyclic) bond motifs is 1. The first-order valence-corrected chi connectivity index (χ1v) is 9.74. The topological polar surface area (TPSA) is 89.3 Å². The van der Waals surface area contributed by atoms with Crippen molar-refractivity contribution in [2.75, 3.05) is 19.0 Å². The van der Waals surface area contributed by atoms with Crippen molar-refractivity contribution in [3.05, 3.63) is 57.3 Å². The van der Waals surface area contributed by atoms with Crippen LogP contribution >= 0.6 is 11.3 Å². The Morgan fingerprint density at radius 3 is 2.90 bits per heavy atom. The molecule has 1 aliphatic rings. The predicted molar refractivity (Wildman–Crippen MR) is 105 cm³/mol. The number of methoxy groups -OCH3 is 1. The van der Waals surface area contributed by atoms with Crippen molar-refractivity contribution < 1.29 is 18.7 Å². The lowest BCUT2D eigenvalue weighted by atomic mass is 10.1. The van der Waals surface area contributed by atoms with Gasteiger partial charge in [-0.2, -0.15) is 4.98 Å². The third kappa shape index (κ3) is 3.83. The van der Waals surface area contributed by atoms with Crippen LogP contribution in [0.3, 0.4) is 0 Å². The summed E-state index contributed by atoms with van der Waals surface area (Å²) < 4.78 is 20.4. The fourth-order valence-corrected chi connectivity index (χ4v) is 4.11.